The summed E-state index contributed by atoms with van der Waals surface area (Å²) < 4.78 is 6.98. The van der Waals surface area contributed by atoms with Gasteiger partial charge in [-0.1, -0.05) is 33.1 Å². The van der Waals surface area contributed by atoms with Gasteiger partial charge in [0.05, 0.1) is 6.61 Å². The summed E-state index contributed by atoms with van der Waals surface area (Å²) in [4.78, 5) is 16.9. The molecule has 1 aliphatic rings. The van der Waals surface area contributed by atoms with Gasteiger partial charge in [-0.05, 0) is 25.7 Å². The average Bonchev–Trinajstić information content (AvgIpc) is 2.82. The van der Waals surface area contributed by atoms with E-state index in [1.165, 1.54) is 19.3 Å². The summed E-state index contributed by atoms with van der Waals surface area (Å²) >= 11 is 0. The van der Waals surface area contributed by atoms with Gasteiger partial charge >= 0.3 is 5.97 Å². The Hall–Kier alpha value is -1.39. The summed E-state index contributed by atoms with van der Waals surface area (Å²) in [6, 6.07) is 0. The first-order valence-electron chi connectivity index (χ1n) is 8.12. The van der Waals surface area contributed by atoms with Crippen molar-refractivity contribution >= 4 is 5.97 Å². The smallest absolute Gasteiger partial charge is 0.316 e. The molecular formula is C16H27N3O2. The van der Waals surface area contributed by atoms with Crippen molar-refractivity contribution in [2.75, 3.05) is 6.61 Å². The van der Waals surface area contributed by atoms with Crippen LogP contribution in [0, 0.1) is 5.92 Å². The van der Waals surface area contributed by atoms with Gasteiger partial charge in [-0.25, -0.2) is 4.98 Å². The number of aryl methyl sites for hydroxylation is 1. The molecule has 0 bridgehead atoms. The van der Waals surface area contributed by atoms with E-state index in [9.17, 15) is 4.79 Å². The second-order valence-corrected chi connectivity index (χ2v) is 6.26. The normalized spacial score (nSPS) is 18.0. The molecule has 1 heterocycles. The zero-order valence-corrected chi connectivity index (χ0v) is 13.6. The minimum absolute atomic E-state index is 0.145. The van der Waals surface area contributed by atoms with E-state index in [0.717, 1.165) is 24.5 Å². The van der Waals surface area contributed by atoms with E-state index in [1.807, 2.05) is 27.8 Å². The zero-order valence-electron chi connectivity index (χ0n) is 13.6. The van der Waals surface area contributed by atoms with Crippen LogP contribution in [0.2, 0.25) is 0 Å². The molecule has 21 heavy (non-hydrogen) atoms. The Labute approximate surface area is 127 Å². The third-order valence-corrected chi connectivity index (χ3v) is 4.27. The molecule has 0 amide bonds. The van der Waals surface area contributed by atoms with Gasteiger partial charge in [0.25, 0.3) is 0 Å². The van der Waals surface area contributed by atoms with Crippen LogP contribution in [0.5, 0.6) is 0 Å². The van der Waals surface area contributed by atoms with Gasteiger partial charge in [-0.3, -0.25) is 9.48 Å². The molecule has 1 fully saturated rings. The number of aromatic nitrogens is 3. The van der Waals surface area contributed by atoms with Crippen LogP contribution in [0.3, 0.4) is 0 Å². The maximum absolute atomic E-state index is 12.2. The number of ether oxygens (including phenoxy) is 1. The van der Waals surface area contributed by atoms with Crippen molar-refractivity contribution in [1.29, 1.82) is 0 Å². The van der Waals surface area contributed by atoms with Crippen molar-refractivity contribution in [3.63, 3.8) is 0 Å². The number of rotatable bonds is 5. The van der Waals surface area contributed by atoms with Gasteiger partial charge in [0.15, 0.2) is 5.82 Å². The van der Waals surface area contributed by atoms with Crippen LogP contribution in [0.25, 0.3) is 0 Å². The summed E-state index contributed by atoms with van der Waals surface area (Å²) in [6.07, 6.45) is 6.14. The molecule has 2 rings (SSSR count). The summed E-state index contributed by atoms with van der Waals surface area (Å²) in [6.45, 7) is 6.28. The lowest BCUT2D eigenvalue weighted by Crippen LogP contribution is -2.24. The van der Waals surface area contributed by atoms with E-state index in [1.54, 1.807) is 4.68 Å². The van der Waals surface area contributed by atoms with Crippen LogP contribution in [-0.4, -0.2) is 27.3 Å². The fourth-order valence-electron chi connectivity index (χ4n) is 3.13. The first-order chi connectivity index (χ1) is 10.0. The molecule has 5 heteroatoms. The first-order valence-corrected chi connectivity index (χ1v) is 8.12. The Balaban J connectivity index is 2.24. The van der Waals surface area contributed by atoms with Crippen molar-refractivity contribution < 1.29 is 9.53 Å². The molecule has 1 unspecified atom stereocenters. The zero-order chi connectivity index (χ0) is 15.4. The van der Waals surface area contributed by atoms with E-state index in [-0.39, 0.29) is 17.8 Å². The maximum atomic E-state index is 12.2. The monoisotopic (exact) mass is 293 g/mol. The molecule has 1 aliphatic carbocycles. The lowest BCUT2D eigenvalue weighted by Gasteiger charge is -2.19. The maximum Gasteiger partial charge on any atom is 0.316 e. The predicted molar refractivity (Wildman–Crippen MR) is 81.0 cm³/mol. The van der Waals surface area contributed by atoms with Crippen LogP contribution in [-0.2, 0) is 16.6 Å². The third-order valence-electron chi connectivity index (χ3n) is 4.27. The lowest BCUT2D eigenvalue weighted by atomic mass is 9.89. The highest BCUT2D eigenvalue weighted by Crippen LogP contribution is 2.32. The standard InChI is InChI=1S/C16H27N3O2/c1-5-21-16(20)13(11(2)3)15-17-14(18-19(15)4)12-9-7-6-8-10-12/h11-13H,5-10H2,1-4H3. The molecular weight excluding hydrogens is 266 g/mol. The van der Waals surface area contributed by atoms with Crippen LogP contribution in [0.15, 0.2) is 0 Å². The van der Waals surface area contributed by atoms with Gasteiger partial charge in [-0.2, -0.15) is 5.10 Å². The number of hydrogen-bond donors (Lipinski definition) is 0. The molecule has 1 aromatic heterocycles. The fourth-order valence-corrected chi connectivity index (χ4v) is 3.13. The summed E-state index contributed by atoms with van der Waals surface area (Å²) in [5.41, 5.74) is 0. The predicted octanol–water partition coefficient (Wildman–Crippen LogP) is 3.17. The van der Waals surface area contributed by atoms with E-state index < -0.39 is 0 Å². The van der Waals surface area contributed by atoms with E-state index in [0.29, 0.717) is 12.5 Å². The van der Waals surface area contributed by atoms with Gasteiger partial charge in [0, 0.05) is 13.0 Å². The van der Waals surface area contributed by atoms with Gasteiger partial charge < -0.3 is 4.74 Å². The van der Waals surface area contributed by atoms with Gasteiger partial charge in [0.2, 0.25) is 0 Å². The van der Waals surface area contributed by atoms with Crippen LogP contribution < -0.4 is 0 Å². The van der Waals surface area contributed by atoms with Crippen molar-refractivity contribution in [3.8, 4) is 0 Å². The van der Waals surface area contributed by atoms with E-state index >= 15 is 0 Å². The molecule has 1 saturated carbocycles. The quantitative estimate of drug-likeness (QED) is 0.782. The molecule has 1 atom stereocenters. The van der Waals surface area contributed by atoms with Crippen molar-refractivity contribution in [2.45, 2.75) is 64.7 Å². The van der Waals surface area contributed by atoms with E-state index in [2.05, 4.69) is 5.10 Å². The SMILES string of the molecule is CCOC(=O)C(c1nc(C2CCCCC2)nn1C)C(C)C. The molecule has 0 aromatic carbocycles. The largest absolute Gasteiger partial charge is 0.465 e. The number of carbonyl (C=O) groups is 1. The van der Waals surface area contributed by atoms with Crippen molar-refractivity contribution in [1.82, 2.24) is 14.8 Å². The van der Waals surface area contributed by atoms with Crippen LogP contribution in [0.1, 0.15) is 76.4 Å². The first kappa shape index (κ1) is 16.0. The molecule has 0 spiro atoms. The van der Waals surface area contributed by atoms with E-state index in [4.69, 9.17) is 9.72 Å². The Kier molecular flexibility index (Phi) is 5.37. The molecule has 0 radical (unpaired) electrons. The fraction of sp³-hybridized carbons (Fsp3) is 0.812. The third kappa shape index (κ3) is 3.63. The average molecular weight is 293 g/mol. The Morgan fingerprint density at radius 2 is 2.00 bits per heavy atom. The minimum Gasteiger partial charge on any atom is -0.465 e. The Bertz CT molecular complexity index is 476. The number of esters is 1. The van der Waals surface area contributed by atoms with Gasteiger partial charge in [-0.15, -0.1) is 0 Å². The molecule has 0 N–H and O–H groups in total. The van der Waals surface area contributed by atoms with Gasteiger partial charge in [0.1, 0.15) is 11.7 Å². The Morgan fingerprint density at radius 1 is 1.33 bits per heavy atom. The minimum atomic E-state index is -0.334. The lowest BCUT2D eigenvalue weighted by molar-refractivity contribution is -0.146. The summed E-state index contributed by atoms with van der Waals surface area (Å²) in [7, 11) is 1.88. The molecule has 5 nitrogen and oxygen atoms in total. The topological polar surface area (TPSA) is 57.0 Å². The highest BCUT2D eigenvalue weighted by Gasteiger charge is 2.31. The number of nitrogens with zero attached hydrogens (tertiary/aromatic N) is 3. The molecule has 0 aliphatic heterocycles. The number of carbonyl (C=O) groups excluding carboxylic acids is 1. The molecule has 118 valence electrons. The molecule has 0 saturated heterocycles. The summed E-state index contributed by atoms with van der Waals surface area (Å²) in [5, 5.41) is 4.58. The van der Waals surface area contributed by atoms with Crippen molar-refractivity contribution in [3.05, 3.63) is 11.6 Å². The highest BCUT2D eigenvalue weighted by atomic mass is 16.5. The second-order valence-electron chi connectivity index (χ2n) is 6.26. The van der Waals surface area contributed by atoms with Crippen LogP contribution in [0.4, 0.5) is 0 Å². The Morgan fingerprint density at radius 3 is 2.57 bits per heavy atom. The van der Waals surface area contributed by atoms with Crippen molar-refractivity contribution in [2.24, 2.45) is 13.0 Å². The highest BCUT2D eigenvalue weighted by molar-refractivity contribution is 5.77. The molecule has 1 aromatic rings. The second kappa shape index (κ2) is 7.05. The number of hydrogen-bond acceptors (Lipinski definition) is 4. The summed E-state index contributed by atoms with van der Waals surface area (Å²) in [5.74, 6) is 1.71. The van der Waals surface area contributed by atoms with Crippen LogP contribution >= 0.6 is 0 Å².